The lowest BCUT2D eigenvalue weighted by molar-refractivity contribution is 0.0932. The standard InChI is InChI=1S/C14H14ClN3O3S/c15-9-2-3-11-8(5-9)1-4-12(11)18-14(19)13-6-10(7-17-13)22(16,20)21/h2-3,5-7,12,17H,1,4H2,(H,18,19)(H2,16,20,21)/t12-/m1/s1. The van der Waals surface area contributed by atoms with E-state index >= 15 is 0 Å². The molecule has 0 unspecified atom stereocenters. The maximum Gasteiger partial charge on any atom is 0.268 e. The number of carbonyl (C=O) groups is 1. The molecular formula is C14H14ClN3O3S. The van der Waals surface area contributed by atoms with E-state index in [0.717, 1.165) is 24.0 Å². The number of nitrogens with two attached hydrogens (primary N) is 1. The minimum absolute atomic E-state index is 0.110. The summed E-state index contributed by atoms with van der Waals surface area (Å²) >= 11 is 5.96. The Morgan fingerprint density at radius 1 is 1.36 bits per heavy atom. The van der Waals surface area contributed by atoms with Crippen LogP contribution in [0.3, 0.4) is 0 Å². The highest BCUT2D eigenvalue weighted by Crippen LogP contribution is 2.33. The highest BCUT2D eigenvalue weighted by atomic mass is 35.5. The molecule has 0 fully saturated rings. The van der Waals surface area contributed by atoms with Gasteiger partial charge in [0.05, 0.1) is 10.9 Å². The number of carbonyl (C=O) groups excluding carboxylic acids is 1. The fraction of sp³-hybridized carbons (Fsp3) is 0.214. The zero-order valence-corrected chi connectivity index (χ0v) is 13.0. The van der Waals surface area contributed by atoms with Crippen molar-refractivity contribution in [2.45, 2.75) is 23.8 Å². The van der Waals surface area contributed by atoms with Gasteiger partial charge in [-0.2, -0.15) is 0 Å². The van der Waals surface area contributed by atoms with Gasteiger partial charge in [-0.3, -0.25) is 4.79 Å². The van der Waals surface area contributed by atoms with Crippen LogP contribution in [-0.4, -0.2) is 19.3 Å². The summed E-state index contributed by atoms with van der Waals surface area (Å²) in [5.41, 5.74) is 2.32. The highest BCUT2D eigenvalue weighted by Gasteiger charge is 2.25. The Balaban J connectivity index is 1.78. The molecule has 6 nitrogen and oxygen atoms in total. The number of aryl methyl sites for hydroxylation is 1. The molecule has 0 radical (unpaired) electrons. The zero-order valence-electron chi connectivity index (χ0n) is 11.5. The second-order valence-corrected chi connectivity index (χ2v) is 7.20. The van der Waals surface area contributed by atoms with E-state index in [1.54, 1.807) is 6.07 Å². The third kappa shape index (κ3) is 2.87. The topological polar surface area (TPSA) is 105 Å². The first-order valence-corrected chi connectivity index (χ1v) is 8.57. The Morgan fingerprint density at radius 3 is 2.82 bits per heavy atom. The number of nitrogens with one attached hydrogen (secondary N) is 2. The van der Waals surface area contributed by atoms with Gasteiger partial charge in [0.2, 0.25) is 10.0 Å². The number of halogens is 1. The average molecular weight is 340 g/mol. The third-order valence-corrected chi connectivity index (χ3v) is 4.85. The van der Waals surface area contributed by atoms with Crippen LogP contribution in [0.5, 0.6) is 0 Å². The number of sulfonamides is 1. The minimum Gasteiger partial charge on any atom is -0.356 e. The number of rotatable bonds is 3. The Hall–Kier alpha value is -1.83. The maximum atomic E-state index is 12.2. The summed E-state index contributed by atoms with van der Waals surface area (Å²) < 4.78 is 22.4. The molecule has 0 spiro atoms. The number of hydrogen-bond donors (Lipinski definition) is 3. The molecule has 8 heteroatoms. The predicted octanol–water partition coefficient (Wildman–Crippen LogP) is 1.73. The third-order valence-electron chi connectivity index (χ3n) is 3.72. The molecule has 22 heavy (non-hydrogen) atoms. The van der Waals surface area contributed by atoms with Crippen LogP contribution < -0.4 is 10.5 Å². The first-order valence-electron chi connectivity index (χ1n) is 6.65. The van der Waals surface area contributed by atoms with Crippen LogP contribution in [0.15, 0.2) is 35.4 Å². The molecule has 1 aromatic carbocycles. The van der Waals surface area contributed by atoms with Gasteiger partial charge < -0.3 is 10.3 Å². The zero-order chi connectivity index (χ0) is 15.9. The molecule has 0 saturated carbocycles. The fourth-order valence-electron chi connectivity index (χ4n) is 2.64. The number of hydrogen-bond acceptors (Lipinski definition) is 3. The second kappa shape index (κ2) is 5.42. The van der Waals surface area contributed by atoms with Crippen LogP contribution >= 0.6 is 11.6 Å². The van der Waals surface area contributed by atoms with E-state index in [1.165, 1.54) is 12.3 Å². The monoisotopic (exact) mass is 339 g/mol. The Bertz CT molecular complexity index is 845. The Kier molecular flexibility index (Phi) is 3.72. The Labute approximate surface area is 132 Å². The SMILES string of the molecule is NS(=O)(=O)c1c[nH]c(C(=O)N[C@@H]2CCc3cc(Cl)ccc32)c1. The number of fused-ring (bicyclic) bond motifs is 1. The van der Waals surface area contributed by atoms with Crippen molar-refractivity contribution in [2.24, 2.45) is 5.14 Å². The van der Waals surface area contributed by atoms with Crippen LogP contribution in [-0.2, 0) is 16.4 Å². The van der Waals surface area contributed by atoms with Crippen molar-refractivity contribution in [1.29, 1.82) is 0 Å². The largest absolute Gasteiger partial charge is 0.356 e. The molecular weight excluding hydrogens is 326 g/mol. The number of benzene rings is 1. The van der Waals surface area contributed by atoms with Crippen LogP contribution in [0.4, 0.5) is 0 Å². The van der Waals surface area contributed by atoms with Crippen molar-refractivity contribution < 1.29 is 13.2 Å². The van der Waals surface area contributed by atoms with E-state index in [9.17, 15) is 13.2 Å². The summed E-state index contributed by atoms with van der Waals surface area (Å²) in [6.07, 6.45) is 2.82. The molecule has 1 aliphatic carbocycles. The number of primary sulfonamides is 1. The first-order chi connectivity index (χ1) is 10.3. The lowest BCUT2D eigenvalue weighted by Gasteiger charge is -2.13. The van der Waals surface area contributed by atoms with Gasteiger partial charge in [-0.15, -0.1) is 0 Å². The Morgan fingerprint density at radius 2 is 2.14 bits per heavy atom. The number of H-pyrrole nitrogens is 1. The molecule has 0 saturated heterocycles. The van der Waals surface area contributed by atoms with Gasteiger partial charge in [0, 0.05) is 11.2 Å². The van der Waals surface area contributed by atoms with Gasteiger partial charge in [-0.05, 0) is 42.2 Å². The highest BCUT2D eigenvalue weighted by molar-refractivity contribution is 7.89. The molecule has 1 amide bonds. The van der Waals surface area contributed by atoms with Crippen molar-refractivity contribution in [3.05, 3.63) is 52.3 Å². The van der Waals surface area contributed by atoms with E-state index < -0.39 is 10.0 Å². The fourth-order valence-corrected chi connectivity index (χ4v) is 3.34. The molecule has 1 heterocycles. The van der Waals surface area contributed by atoms with Crippen molar-refractivity contribution in [2.75, 3.05) is 0 Å². The average Bonchev–Trinajstić information content (AvgIpc) is 3.05. The van der Waals surface area contributed by atoms with Gasteiger partial charge in [0.1, 0.15) is 5.69 Å². The lowest BCUT2D eigenvalue weighted by atomic mass is 10.1. The van der Waals surface area contributed by atoms with E-state index in [-0.39, 0.29) is 22.5 Å². The summed E-state index contributed by atoms with van der Waals surface area (Å²) in [6, 6.07) is 6.71. The maximum absolute atomic E-state index is 12.2. The van der Waals surface area contributed by atoms with E-state index in [4.69, 9.17) is 16.7 Å². The van der Waals surface area contributed by atoms with E-state index in [0.29, 0.717) is 5.02 Å². The first kappa shape index (κ1) is 15.1. The van der Waals surface area contributed by atoms with Gasteiger partial charge in [-0.1, -0.05) is 17.7 Å². The number of amides is 1. The molecule has 116 valence electrons. The van der Waals surface area contributed by atoms with Gasteiger partial charge in [-0.25, -0.2) is 13.6 Å². The predicted molar refractivity (Wildman–Crippen MR) is 82.1 cm³/mol. The minimum atomic E-state index is -3.82. The molecule has 1 aromatic heterocycles. The van der Waals surface area contributed by atoms with Gasteiger partial charge >= 0.3 is 0 Å². The van der Waals surface area contributed by atoms with Crippen molar-refractivity contribution in [3.63, 3.8) is 0 Å². The van der Waals surface area contributed by atoms with E-state index in [2.05, 4.69) is 10.3 Å². The summed E-state index contributed by atoms with van der Waals surface area (Å²) in [5.74, 6) is -0.372. The van der Waals surface area contributed by atoms with Crippen LogP contribution in [0.1, 0.15) is 34.1 Å². The van der Waals surface area contributed by atoms with Crippen molar-refractivity contribution in [3.8, 4) is 0 Å². The number of aromatic amines is 1. The molecule has 2 aromatic rings. The summed E-state index contributed by atoms with van der Waals surface area (Å²) in [6.45, 7) is 0. The second-order valence-electron chi connectivity index (χ2n) is 5.20. The van der Waals surface area contributed by atoms with Gasteiger partial charge in [0.25, 0.3) is 5.91 Å². The van der Waals surface area contributed by atoms with Crippen LogP contribution in [0, 0.1) is 0 Å². The quantitative estimate of drug-likeness (QED) is 0.793. The van der Waals surface area contributed by atoms with E-state index in [1.807, 2.05) is 12.1 Å². The number of aromatic nitrogens is 1. The van der Waals surface area contributed by atoms with Crippen molar-refractivity contribution in [1.82, 2.24) is 10.3 Å². The summed E-state index contributed by atoms with van der Waals surface area (Å²) in [4.78, 5) is 14.7. The molecule has 0 aliphatic heterocycles. The summed E-state index contributed by atoms with van der Waals surface area (Å²) in [7, 11) is -3.82. The normalized spacial score (nSPS) is 17.3. The van der Waals surface area contributed by atoms with Crippen molar-refractivity contribution >= 4 is 27.5 Å². The smallest absolute Gasteiger partial charge is 0.268 e. The summed E-state index contributed by atoms with van der Waals surface area (Å²) in [5, 5.41) is 8.58. The molecule has 0 bridgehead atoms. The molecule has 3 rings (SSSR count). The van der Waals surface area contributed by atoms with Crippen LogP contribution in [0.2, 0.25) is 5.02 Å². The molecule has 1 aliphatic rings. The lowest BCUT2D eigenvalue weighted by Crippen LogP contribution is -2.27. The van der Waals surface area contributed by atoms with Crippen LogP contribution in [0.25, 0.3) is 0 Å². The molecule has 4 N–H and O–H groups in total. The van der Waals surface area contributed by atoms with Gasteiger partial charge in [0.15, 0.2) is 0 Å². The molecule has 1 atom stereocenters.